The zero-order chi connectivity index (χ0) is 12.8. The summed E-state index contributed by atoms with van der Waals surface area (Å²) in [6.07, 6.45) is 0. The van der Waals surface area contributed by atoms with Gasteiger partial charge in [0.2, 0.25) is 0 Å². The second kappa shape index (κ2) is 6.21. The first-order valence-corrected chi connectivity index (χ1v) is 5.55. The van der Waals surface area contributed by atoms with Crippen molar-refractivity contribution in [3.05, 3.63) is 17.2 Å². The molecule has 0 saturated heterocycles. The number of nitrogens with one attached hydrogen (secondary N) is 1. The maximum absolute atomic E-state index is 8.72. The number of halogens is 1. The Kier molecular flexibility index (Phi) is 4.92. The van der Waals surface area contributed by atoms with E-state index < -0.39 is 0 Å². The first-order valence-electron chi connectivity index (χ1n) is 5.17. The highest BCUT2D eigenvalue weighted by Gasteiger charge is 2.10. The van der Waals surface area contributed by atoms with Crippen LogP contribution < -0.4 is 14.8 Å². The summed E-state index contributed by atoms with van der Waals surface area (Å²) in [5.74, 6) is 1.11. The summed E-state index contributed by atoms with van der Waals surface area (Å²) < 4.78 is 10.3. The lowest BCUT2D eigenvalue weighted by Crippen LogP contribution is -2.10. The minimum Gasteiger partial charge on any atom is -0.495 e. The molecule has 0 aliphatic rings. The molecular formula is C12H15ClN2O2. The van der Waals surface area contributed by atoms with Crippen molar-refractivity contribution in [3.8, 4) is 17.6 Å². The predicted molar refractivity (Wildman–Crippen MR) is 67.8 cm³/mol. The fourth-order valence-electron chi connectivity index (χ4n) is 1.31. The lowest BCUT2D eigenvalue weighted by Gasteiger charge is -2.14. The van der Waals surface area contributed by atoms with Gasteiger partial charge >= 0.3 is 0 Å². The number of anilines is 1. The van der Waals surface area contributed by atoms with Gasteiger partial charge in [-0.2, -0.15) is 5.26 Å². The smallest absolute Gasteiger partial charge is 0.143 e. The van der Waals surface area contributed by atoms with Crippen LogP contribution in [0.2, 0.25) is 5.02 Å². The Labute approximate surface area is 106 Å². The predicted octanol–water partition coefficient (Wildman–Crippen LogP) is 2.93. The molecule has 1 rings (SSSR count). The molecule has 0 aliphatic carbocycles. The van der Waals surface area contributed by atoms with E-state index in [1.165, 1.54) is 0 Å². The lowest BCUT2D eigenvalue weighted by molar-refractivity contribution is 0.404. The number of ether oxygens (including phenoxy) is 2. The first kappa shape index (κ1) is 13.5. The van der Waals surface area contributed by atoms with Crippen molar-refractivity contribution in [2.24, 2.45) is 5.92 Å². The summed E-state index contributed by atoms with van der Waals surface area (Å²) in [7, 11) is 3.12. The van der Waals surface area contributed by atoms with E-state index in [-0.39, 0.29) is 5.92 Å². The highest BCUT2D eigenvalue weighted by molar-refractivity contribution is 6.32. The Bertz CT molecular complexity index is 429. The van der Waals surface area contributed by atoms with Crippen molar-refractivity contribution >= 4 is 17.3 Å². The van der Waals surface area contributed by atoms with Gasteiger partial charge in [-0.05, 0) is 6.92 Å². The van der Waals surface area contributed by atoms with E-state index in [9.17, 15) is 0 Å². The quantitative estimate of drug-likeness (QED) is 0.878. The highest BCUT2D eigenvalue weighted by Crippen LogP contribution is 2.35. The number of rotatable bonds is 5. The number of hydrogen-bond donors (Lipinski definition) is 1. The van der Waals surface area contributed by atoms with E-state index in [1.54, 1.807) is 26.4 Å². The molecule has 0 bridgehead atoms. The summed E-state index contributed by atoms with van der Waals surface area (Å²) in [5, 5.41) is 12.3. The van der Waals surface area contributed by atoms with Crippen LogP contribution in [0.15, 0.2) is 12.1 Å². The third kappa shape index (κ3) is 3.43. The van der Waals surface area contributed by atoms with Crippen LogP contribution in [0.1, 0.15) is 6.92 Å². The summed E-state index contributed by atoms with van der Waals surface area (Å²) in [5.41, 5.74) is 0.760. The van der Waals surface area contributed by atoms with E-state index in [4.69, 9.17) is 26.3 Å². The van der Waals surface area contributed by atoms with Gasteiger partial charge in [-0.15, -0.1) is 0 Å². The minimum atomic E-state index is -0.0821. The zero-order valence-corrected chi connectivity index (χ0v) is 10.8. The molecule has 0 amide bonds. The third-order valence-electron chi connectivity index (χ3n) is 2.29. The molecule has 1 atom stereocenters. The number of methoxy groups -OCH3 is 2. The molecule has 1 N–H and O–H groups in total. The Morgan fingerprint density at radius 3 is 2.53 bits per heavy atom. The molecule has 1 aromatic rings. The maximum Gasteiger partial charge on any atom is 0.143 e. The molecule has 1 unspecified atom stereocenters. The largest absolute Gasteiger partial charge is 0.495 e. The van der Waals surface area contributed by atoms with E-state index in [2.05, 4.69) is 11.4 Å². The topological polar surface area (TPSA) is 54.3 Å². The molecule has 0 saturated carbocycles. The van der Waals surface area contributed by atoms with Crippen LogP contribution in [-0.2, 0) is 0 Å². The number of hydrogen-bond acceptors (Lipinski definition) is 4. The van der Waals surface area contributed by atoms with Crippen LogP contribution in [0.4, 0.5) is 5.69 Å². The molecule has 0 fully saturated rings. The van der Waals surface area contributed by atoms with Crippen LogP contribution in [0, 0.1) is 17.2 Å². The van der Waals surface area contributed by atoms with Gasteiger partial charge in [0.1, 0.15) is 11.5 Å². The SMILES string of the molecule is COc1cc(NCC(C)C#N)c(OC)cc1Cl. The Hall–Kier alpha value is -1.60. The van der Waals surface area contributed by atoms with E-state index >= 15 is 0 Å². The van der Waals surface area contributed by atoms with Gasteiger partial charge in [-0.25, -0.2) is 0 Å². The molecule has 4 nitrogen and oxygen atoms in total. The van der Waals surface area contributed by atoms with Crippen LogP contribution in [-0.4, -0.2) is 20.8 Å². The van der Waals surface area contributed by atoms with Crippen molar-refractivity contribution in [2.75, 3.05) is 26.1 Å². The molecule has 0 heterocycles. The van der Waals surface area contributed by atoms with Gasteiger partial charge in [-0.1, -0.05) is 11.6 Å². The fraction of sp³-hybridized carbons (Fsp3) is 0.417. The molecule has 92 valence electrons. The van der Waals surface area contributed by atoms with Gasteiger partial charge in [-0.3, -0.25) is 0 Å². The highest BCUT2D eigenvalue weighted by atomic mass is 35.5. The van der Waals surface area contributed by atoms with Gasteiger partial charge in [0.05, 0.1) is 36.9 Å². The Balaban J connectivity index is 2.93. The summed E-state index contributed by atoms with van der Waals surface area (Å²) in [6.45, 7) is 2.38. The zero-order valence-electron chi connectivity index (χ0n) is 10.1. The van der Waals surface area contributed by atoms with Gasteiger partial charge < -0.3 is 14.8 Å². The fourth-order valence-corrected chi connectivity index (χ4v) is 1.54. The number of nitriles is 1. The van der Waals surface area contributed by atoms with Crippen molar-refractivity contribution < 1.29 is 9.47 Å². The lowest BCUT2D eigenvalue weighted by atomic mass is 10.2. The average Bonchev–Trinajstić information content (AvgIpc) is 2.36. The maximum atomic E-state index is 8.72. The molecule has 5 heteroatoms. The molecular weight excluding hydrogens is 240 g/mol. The van der Waals surface area contributed by atoms with Crippen LogP contribution in [0.3, 0.4) is 0 Å². The third-order valence-corrected chi connectivity index (χ3v) is 2.59. The monoisotopic (exact) mass is 254 g/mol. The second-order valence-electron chi connectivity index (χ2n) is 3.60. The van der Waals surface area contributed by atoms with Crippen molar-refractivity contribution in [1.82, 2.24) is 0 Å². The summed E-state index contributed by atoms with van der Waals surface area (Å²) in [6, 6.07) is 5.59. The Morgan fingerprint density at radius 1 is 1.35 bits per heavy atom. The standard InChI is InChI=1S/C12H15ClN2O2/c1-8(6-14)7-15-10-5-11(16-2)9(13)4-12(10)17-3/h4-5,8,15H,7H2,1-3H3. The molecule has 17 heavy (non-hydrogen) atoms. The number of benzene rings is 1. The molecule has 0 radical (unpaired) electrons. The van der Waals surface area contributed by atoms with Crippen molar-refractivity contribution in [1.29, 1.82) is 5.26 Å². The van der Waals surface area contributed by atoms with E-state index in [1.807, 2.05) is 6.92 Å². The molecule has 0 aromatic heterocycles. The van der Waals surface area contributed by atoms with Crippen molar-refractivity contribution in [3.63, 3.8) is 0 Å². The minimum absolute atomic E-state index is 0.0821. The van der Waals surface area contributed by atoms with Gasteiger partial charge in [0.25, 0.3) is 0 Å². The van der Waals surface area contributed by atoms with Crippen LogP contribution >= 0.6 is 11.6 Å². The van der Waals surface area contributed by atoms with Gasteiger partial charge in [0, 0.05) is 18.7 Å². The summed E-state index contributed by atoms with van der Waals surface area (Å²) in [4.78, 5) is 0. The second-order valence-corrected chi connectivity index (χ2v) is 4.01. The van der Waals surface area contributed by atoms with E-state index in [0.29, 0.717) is 23.1 Å². The normalized spacial score (nSPS) is 11.5. The Morgan fingerprint density at radius 2 is 2.00 bits per heavy atom. The van der Waals surface area contributed by atoms with Crippen LogP contribution in [0.5, 0.6) is 11.5 Å². The van der Waals surface area contributed by atoms with Crippen LogP contribution in [0.25, 0.3) is 0 Å². The van der Waals surface area contributed by atoms with Crippen molar-refractivity contribution in [2.45, 2.75) is 6.92 Å². The molecule has 1 aromatic carbocycles. The first-order chi connectivity index (χ1) is 8.12. The summed E-state index contributed by atoms with van der Waals surface area (Å²) >= 11 is 5.99. The average molecular weight is 255 g/mol. The molecule has 0 spiro atoms. The van der Waals surface area contributed by atoms with Gasteiger partial charge in [0.15, 0.2) is 0 Å². The van der Waals surface area contributed by atoms with E-state index in [0.717, 1.165) is 5.69 Å². The molecule has 0 aliphatic heterocycles. The number of nitrogens with zero attached hydrogens (tertiary/aromatic N) is 1.